The van der Waals surface area contributed by atoms with E-state index in [2.05, 4.69) is 20.5 Å². The predicted molar refractivity (Wildman–Crippen MR) is 97.2 cm³/mol. The van der Waals surface area contributed by atoms with Gasteiger partial charge in [-0.3, -0.25) is 4.90 Å². The van der Waals surface area contributed by atoms with Gasteiger partial charge in [0.25, 0.3) is 0 Å². The Kier molecular flexibility index (Phi) is 6.03. The molecule has 0 radical (unpaired) electrons. The van der Waals surface area contributed by atoms with Gasteiger partial charge in [0.15, 0.2) is 0 Å². The van der Waals surface area contributed by atoms with E-state index in [1.54, 1.807) is 6.20 Å². The normalized spacial score (nSPS) is 15.1. The topological polar surface area (TPSA) is 71.4 Å². The third-order valence-corrected chi connectivity index (χ3v) is 4.27. The summed E-state index contributed by atoms with van der Waals surface area (Å²) in [5.41, 5.74) is 1.79. The van der Waals surface area contributed by atoms with Crippen LogP contribution in [0.1, 0.15) is 12.2 Å². The largest absolute Gasteiger partial charge is 0.379 e. The molecule has 0 saturated carbocycles. The summed E-state index contributed by atoms with van der Waals surface area (Å²) in [7, 11) is 0. The maximum absolute atomic E-state index is 12.0. The number of anilines is 1. The summed E-state index contributed by atoms with van der Waals surface area (Å²) in [6.45, 7) is 7.18. The van der Waals surface area contributed by atoms with Crippen LogP contribution in [0.3, 0.4) is 0 Å². The average Bonchev–Trinajstić information content (AvgIpc) is 3.06. The first-order valence-corrected chi connectivity index (χ1v) is 8.68. The third kappa shape index (κ3) is 5.04. The SMILES string of the molecule is Cc1nccn1-c1ccc(NC(=O)NCCCN2CCOCC2)cc1. The van der Waals surface area contributed by atoms with Crippen LogP contribution in [0.2, 0.25) is 0 Å². The number of hydrogen-bond acceptors (Lipinski definition) is 4. The predicted octanol–water partition coefficient (Wildman–Crippen LogP) is 2.02. The number of rotatable bonds is 6. The van der Waals surface area contributed by atoms with E-state index < -0.39 is 0 Å². The highest BCUT2D eigenvalue weighted by atomic mass is 16.5. The lowest BCUT2D eigenvalue weighted by atomic mass is 10.2. The summed E-state index contributed by atoms with van der Waals surface area (Å²) >= 11 is 0. The Balaban J connectivity index is 1.39. The first-order valence-electron chi connectivity index (χ1n) is 8.68. The number of carbonyl (C=O) groups is 1. The van der Waals surface area contributed by atoms with Crippen molar-refractivity contribution in [3.05, 3.63) is 42.5 Å². The second-order valence-corrected chi connectivity index (χ2v) is 6.08. The van der Waals surface area contributed by atoms with Crippen LogP contribution in [0.25, 0.3) is 5.69 Å². The molecule has 2 heterocycles. The number of morpholine rings is 1. The molecule has 25 heavy (non-hydrogen) atoms. The Morgan fingerprint density at radius 3 is 2.68 bits per heavy atom. The molecule has 7 nitrogen and oxygen atoms in total. The Morgan fingerprint density at radius 1 is 1.24 bits per heavy atom. The van der Waals surface area contributed by atoms with Crippen LogP contribution in [0.15, 0.2) is 36.7 Å². The van der Waals surface area contributed by atoms with Crippen LogP contribution >= 0.6 is 0 Å². The number of aromatic nitrogens is 2. The zero-order valence-corrected chi connectivity index (χ0v) is 14.6. The van der Waals surface area contributed by atoms with Gasteiger partial charge in [-0.1, -0.05) is 0 Å². The smallest absolute Gasteiger partial charge is 0.319 e. The lowest BCUT2D eigenvalue weighted by molar-refractivity contribution is 0.0375. The monoisotopic (exact) mass is 343 g/mol. The summed E-state index contributed by atoms with van der Waals surface area (Å²) in [4.78, 5) is 18.5. The highest BCUT2D eigenvalue weighted by Gasteiger charge is 2.09. The van der Waals surface area contributed by atoms with E-state index in [4.69, 9.17) is 4.74 Å². The van der Waals surface area contributed by atoms with Gasteiger partial charge >= 0.3 is 6.03 Å². The van der Waals surface area contributed by atoms with E-state index in [1.807, 2.05) is 42.0 Å². The highest BCUT2D eigenvalue weighted by Crippen LogP contribution is 2.14. The average molecular weight is 343 g/mol. The van der Waals surface area contributed by atoms with Crippen molar-refractivity contribution in [3.63, 3.8) is 0 Å². The number of nitrogens with zero attached hydrogens (tertiary/aromatic N) is 3. The summed E-state index contributed by atoms with van der Waals surface area (Å²) < 4.78 is 7.32. The first-order chi connectivity index (χ1) is 12.2. The van der Waals surface area contributed by atoms with Gasteiger partial charge in [-0.2, -0.15) is 0 Å². The number of ether oxygens (including phenoxy) is 1. The van der Waals surface area contributed by atoms with Gasteiger partial charge < -0.3 is 19.9 Å². The Bertz CT molecular complexity index is 677. The number of amides is 2. The molecule has 0 aliphatic carbocycles. The minimum atomic E-state index is -0.173. The molecule has 0 bridgehead atoms. The van der Waals surface area contributed by atoms with Crippen LogP contribution in [-0.4, -0.2) is 59.9 Å². The van der Waals surface area contributed by atoms with Crippen molar-refractivity contribution in [3.8, 4) is 5.69 Å². The van der Waals surface area contributed by atoms with Crippen LogP contribution in [-0.2, 0) is 4.74 Å². The Labute approximate surface area is 148 Å². The fraction of sp³-hybridized carbons (Fsp3) is 0.444. The third-order valence-electron chi connectivity index (χ3n) is 4.27. The molecule has 0 atom stereocenters. The summed E-state index contributed by atoms with van der Waals surface area (Å²) in [5, 5.41) is 5.76. The van der Waals surface area contributed by atoms with E-state index in [1.165, 1.54) is 0 Å². The van der Waals surface area contributed by atoms with Gasteiger partial charge in [0.05, 0.1) is 13.2 Å². The van der Waals surface area contributed by atoms with Crippen LogP contribution in [0, 0.1) is 6.92 Å². The number of benzene rings is 1. The van der Waals surface area contributed by atoms with Crippen molar-refractivity contribution in [2.24, 2.45) is 0 Å². The van der Waals surface area contributed by atoms with Crippen molar-refractivity contribution in [2.45, 2.75) is 13.3 Å². The van der Waals surface area contributed by atoms with Gasteiger partial charge in [-0.25, -0.2) is 9.78 Å². The second-order valence-electron chi connectivity index (χ2n) is 6.08. The highest BCUT2D eigenvalue weighted by molar-refractivity contribution is 5.89. The fourth-order valence-electron chi connectivity index (χ4n) is 2.86. The fourth-order valence-corrected chi connectivity index (χ4v) is 2.86. The molecule has 2 amide bonds. The summed E-state index contributed by atoms with van der Waals surface area (Å²) in [6.07, 6.45) is 4.62. The van der Waals surface area contributed by atoms with E-state index in [0.29, 0.717) is 6.54 Å². The van der Waals surface area contributed by atoms with Crippen LogP contribution < -0.4 is 10.6 Å². The van der Waals surface area contributed by atoms with Crippen molar-refractivity contribution < 1.29 is 9.53 Å². The summed E-state index contributed by atoms with van der Waals surface area (Å²) in [6, 6.07) is 7.53. The number of nitrogens with one attached hydrogen (secondary N) is 2. The van der Waals surface area contributed by atoms with Crippen molar-refractivity contribution in [2.75, 3.05) is 44.7 Å². The van der Waals surface area contributed by atoms with Gasteiger partial charge in [-0.15, -0.1) is 0 Å². The Morgan fingerprint density at radius 2 is 2.00 bits per heavy atom. The molecule has 1 fully saturated rings. The maximum Gasteiger partial charge on any atom is 0.319 e. The first kappa shape index (κ1) is 17.4. The molecule has 134 valence electrons. The molecule has 0 unspecified atom stereocenters. The van der Waals surface area contributed by atoms with Gasteiger partial charge in [-0.05, 0) is 44.2 Å². The van der Waals surface area contributed by atoms with Crippen molar-refractivity contribution in [1.29, 1.82) is 0 Å². The molecule has 2 N–H and O–H groups in total. The molecule has 1 aliphatic rings. The van der Waals surface area contributed by atoms with Crippen molar-refractivity contribution >= 4 is 11.7 Å². The minimum Gasteiger partial charge on any atom is -0.379 e. The number of urea groups is 1. The molecular formula is C18H25N5O2. The Hall–Kier alpha value is -2.38. The summed E-state index contributed by atoms with van der Waals surface area (Å²) in [5.74, 6) is 0.929. The maximum atomic E-state index is 12.0. The van der Waals surface area contributed by atoms with Gasteiger partial charge in [0.2, 0.25) is 0 Å². The van der Waals surface area contributed by atoms with Crippen LogP contribution in [0.4, 0.5) is 10.5 Å². The quantitative estimate of drug-likeness (QED) is 0.787. The number of hydrogen-bond donors (Lipinski definition) is 2. The zero-order chi connectivity index (χ0) is 17.5. The molecular weight excluding hydrogens is 318 g/mol. The molecule has 1 aliphatic heterocycles. The van der Waals surface area contributed by atoms with E-state index >= 15 is 0 Å². The zero-order valence-electron chi connectivity index (χ0n) is 14.6. The number of carbonyl (C=O) groups excluding carboxylic acids is 1. The van der Waals surface area contributed by atoms with E-state index in [9.17, 15) is 4.79 Å². The molecule has 1 aromatic heterocycles. The molecule has 1 saturated heterocycles. The lowest BCUT2D eigenvalue weighted by Crippen LogP contribution is -2.38. The van der Waals surface area contributed by atoms with Gasteiger partial charge in [0.1, 0.15) is 5.82 Å². The van der Waals surface area contributed by atoms with Crippen molar-refractivity contribution in [1.82, 2.24) is 19.8 Å². The second kappa shape index (κ2) is 8.64. The van der Waals surface area contributed by atoms with E-state index in [0.717, 1.165) is 56.5 Å². The minimum absolute atomic E-state index is 0.173. The molecule has 1 aromatic carbocycles. The molecule has 2 aromatic rings. The number of imidazole rings is 1. The van der Waals surface area contributed by atoms with E-state index in [-0.39, 0.29) is 6.03 Å². The standard InChI is InChI=1S/C18H25N5O2/c1-15-19-8-10-23(15)17-5-3-16(4-6-17)21-18(24)20-7-2-9-22-11-13-25-14-12-22/h3-6,8,10H,2,7,9,11-14H2,1H3,(H2,20,21,24). The lowest BCUT2D eigenvalue weighted by Gasteiger charge is -2.26. The molecule has 7 heteroatoms. The molecule has 0 spiro atoms. The van der Waals surface area contributed by atoms with Gasteiger partial charge in [0, 0.05) is 43.4 Å². The number of aryl methyl sites for hydroxylation is 1. The van der Waals surface area contributed by atoms with Crippen LogP contribution in [0.5, 0.6) is 0 Å². The molecule has 3 rings (SSSR count).